The van der Waals surface area contributed by atoms with Gasteiger partial charge in [0.2, 0.25) is 11.8 Å². The number of hydrogen-bond donors (Lipinski definition) is 2. The Hall–Kier alpha value is -1.14. The third-order valence-corrected chi connectivity index (χ3v) is 3.82. The molecule has 6 heteroatoms. The summed E-state index contributed by atoms with van der Waals surface area (Å²) < 4.78 is 5.46. The van der Waals surface area contributed by atoms with E-state index in [0.29, 0.717) is 6.54 Å². The highest BCUT2D eigenvalue weighted by Gasteiger charge is 2.29. The van der Waals surface area contributed by atoms with Gasteiger partial charge in [-0.05, 0) is 19.3 Å². The van der Waals surface area contributed by atoms with Gasteiger partial charge in [0.05, 0.1) is 18.6 Å². The van der Waals surface area contributed by atoms with E-state index in [4.69, 9.17) is 4.74 Å². The smallest absolute Gasteiger partial charge is 0.240 e. The number of carbonyl (C=O) groups is 2. The fraction of sp³-hybridized carbons (Fsp3) is 0.857. The minimum absolute atomic E-state index is 0.0466. The molecule has 0 aromatic heterocycles. The largest absolute Gasteiger partial charge is 0.376 e. The van der Waals surface area contributed by atoms with Crippen molar-refractivity contribution in [1.29, 1.82) is 0 Å². The van der Waals surface area contributed by atoms with E-state index >= 15 is 0 Å². The van der Waals surface area contributed by atoms with Crippen LogP contribution in [0.25, 0.3) is 0 Å². The first-order chi connectivity index (χ1) is 9.70. The number of rotatable bonds is 6. The second-order valence-corrected chi connectivity index (χ2v) is 5.48. The molecule has 2 aliphatic rings. The molecule has 2 fully saturated rings. The molecule has 0 aliphatic carbocycles. The third-order valence-electron chi connectivity index (χ3n) is 3.82. The molecular formula is C14H25N3O3. The molecule has 0 bridgehead atoms. The predicted octanol–water partition coefficient (Wildman–Crippen LogP) is -0.118. The zero-order valence-electron chi connectivity index (χ0n) is 12.2. The van der Waals surface area contributed by atoms with Crippen molar-refractivity contribution < 1.29 is 14.3 Å². The van der Waals surface area contributed by atoms with Crippen LogP contribution in [-0.4, -0.2) is 61.6 Å². The van der Waals surface area contributed by atoms with Crippen molar-refractivity contribution in [2.45, 2.75) is 44.8 Å². The number of amides is 2. The van der Waals surface area contributed by atoms with Gasteiger partial charge in [0.1, 0.15) is 0 Å². The molecule has 20 heavy (non-hydrogen) atoms. The third kappa shape index (κ3) is 4.18. The van der Waals surface area contributed by atoms with Crippen LogP contribution >= 0.6 is 0 Å². The zero-order chi connectivity index (χ0) is 14.4. The normalized spacial score (nSPS) is 26.9. The van der Waals surface area contributed by atoms with Crippen LogP contribution in [0.1, 0.15) is 32.6 Å². The first-order valence-electron chi connectivity index (χ1n) is 7.61. The van der Waals surface area contributed by atoms with Crippen LogP contribution in [0.15, 0.2) is 0 Å². The molecule has 2 unspecified atom stereocenters. The average Bonchev–Trinajstić information content (AvgIpc) is 2.94. The molecule has 2 N–H and O–H groups in total. The number of ether oxygens (including phenoxy) is 1. The molecule has 0 aromatic rings. The minimum atomic E-state index is -0.375. The summed E-state index contributed by atoms with van der Waals surface area (Å²) in [6, 6.07) is -0.375. The maximum Gasteiger partial charge on any atom is 0.240 e. The SMILES string of the molecule is CCCN1CCNC(CC(=O)NCC2CCCO2)C1=O. The Balaban J connectivity index is 1.73. The van der Waals surface area contributed by atoms with Crippen molar-refractivity contribution >= 4 is 11.8 Å². The van der Waals surface area contributed by atoms with Crippen LogP contribution in [0, 0.1) is 0 Å². The van der Waals surface area contributed by atoms with Crippen molar-refractivity contribution in [3.05, 3.63) is 0 Å². The van der Waals surface area contributed by atoms with E-state index in [2.05, 4.69) is 17.6 Å². The topological polar surface area (TPSA) is 70.7 Å². The summed E-state index contributed by atoms with van der Waals surface area (Å²) in [4.78, 5) is 25.9. The second kappa shape index (κ2) is 7.59. The number of carbonyl (C=O) groups excluding carboxylic acids is 2. The van der Waals surface area contributed by atoms with Gasteiger partial charge in [-0.1, -0.05) is 6.92 Å². The van der Waals surface area contributed by atoms with E-state index in [9.17, 15) is 9.59 Å². The Morgan fingerprint density at radius 2 is 2.40 bits per heavy atom. The Labute approximate surface area is 120 Å². The highest BCUT2D eigenvalue weighted by atomic mass is 16.5. The Morgan fingerprint density at radius 1 is 1.55 bits per heavy atom. The molecule has 6 nitrogen and oxygen atoms in total. The van der Waals surface area contributed by atoms with Gasteiger partial charge in [-0.15, -0.1) is 0 Å². The predicted molar refractivity (Wildman–Crippen MR) is 75.3 cm³/mol. The van der Waals surface area contributed by atoms with Gasteiger partial charge in [-0.25, -0.2) is 0 Å². The highest BCUT2D eigenvalue weighted by Crippen LogP contribution is 2.11. The summed E-state index contributed by atoms with van der Waals surface area (Å²) in [5.41, 5.74) is 0. The summed E-state index contributed by atoms with van der Waals surface area (Å²) in [6.07, 6.45) is 3.38. The second-order valence-electron chi connectivity index (χ2n) is 5.48. The van der Waals surface area contributed by atoms with Crippen LogP contribution in [0.5, 0.6) is 0 Å². The van der Waals surface area contributed by atoms with E-state index in [0.717, 1.165) is 45.5 Å². The molecule has 0 saturated carbocycles. The van der Waals surface area contributed by atoms with Gasteiger partial charge in [0.15, 0.2) is 0 Å². The fourth-order valence-electron chi connectivity index (χ4n) is 2.73. The van der Waals surface area contributed by atoms with E-state index in [-0.39, 0.29) is 30.4 Å². The lowest BCUT2D eigenvalue weighted by Crippen LogP contribution is -2.56. The zero-order valence-corrected chi connectivity index (χ0v) is 12.2. The molecule has 2 heterocycles. The van der Waals surface area contributed by atoms with E-state index in [1.54, 1.807) is 0 Å². The molecule has 114 valence electrons. The van der Waals surface area contributed by atoms with Gasteiger partial charge in [0.25, 0.3) is 0 Å². The van der Waals surface area contributed by atoms with Crippen molar-refractivity contribution in [2.24, 2.45) is 0 Å². The lowest BCUT2D eigenvalue weighted by molar-refractivity contribution is -0.138. The summed E-state index contributed by atoms with van der Waals surface area (Å²) >= 11 is 0. The maximum atomic E-state index is 12.2. The van der Waals surface area contributed by atoms with Crippen LogP contribution in [0.4, 0.5) is 0 Å². The van der Waals surface area contributed by atoms with E-state index in [1.807, 2.05) is 4.90 Å². The number of piperazine rings is 1. The Kier molecular flexibility index (Phi) is 5.79. The summed E-state index contributed by atoms with van der Waals surface area (Å²) in [6.45, 7) is 5.66. The van der Waals surface area contributed by atoms with Crippen LogP contribution in [-0.2, 0) is 14.3 Å². The maximum absolute atomic E-state index is 12.2. The van der Waals surface area contributed by atoms with Crippen LogP contribution < -0.4 is 10.6 Å². The van der Waals surface area contributed by atoms with Crippen LogP contribution in [0.2, 0.25) is 0 Å². The molecule has 2 atom stereocenters. The van der Waals surface area contributed by atoms with Gasteiger partial charge in [0, 0.05) is 32.8 Å². The number of nitrogens with zero attached hydrogens (tertiary/aromatic N) is 1. The Bertz CT molecular complexity index is 341. The monoisotopic (exact) mass is 283 g/mol. The molecule has 2 aliphatic heterocycles. The first-order valence-corrected chi connectivity index (χ1v) is 7.61. The standard InChI is InChI=1S/C14H25N3O3/c1-2-6-17-7-5-15-12(14(17)19)9-13(18)16-10-11-4-3-8-20-11/h11-12,15H,2-10H2,1H3,(H,16,18). The van der Waals surface area contributed by atoms with Crippen molar-refractivity contribution in [2.75, 3.05) is 32.8 Å². The van der Waals surface area contributed by atoms with E-state index < -0.39 is 0 Å². The highest BCUT2D eigenvalue weighted by molar-refractivity contribution is 5.88. The lowest BCUT2D eigenvalue weighted by Gasteiger charge is -2.32. The summed E-state index contributed by atoms with van der Waals surface area (Å²) in [5.74, 6) is -0.0323. The number of nitrogens with one attached hydrogen (secondary N) is 2. The van der Waals surface area contributed by atoms with Gasteiger partial charge in [-0.3, -0.25) is 9.59 Å². The van der Waals surface area contributed by atoms with Crippen molar-refractivity contribution in [3.63, 3.8) is 0 Å². The molecule has 0 aromatic carbocycles. The van der Waals surface area contributed by atoms with Gasteiger partial charge < -0.3 is 20.3 Å². The molecule has 2 amide bonds. The van der Waals surface area contributed by atoms with Gasteiger partial charge in [-0.2, -0.15) is 0 Å². The summed E-state index contributed by atoms with van der Waals surface area (Å²) in [5, 5.41) is 6.00. The lowest BCUT2D eigenvalue weighted by atomic mass is 10.1. The molecule has 0 spiro atoms. The molecule has 2 saturated heterocycles. The van der Waals surface area contributed by atoms with Crippen molar-refractivity contribution in [3.8, 4) is 0 Å². The molecular weight excluding hydrogens is 258 g/mol. The van der Waals surface area contributed by atoms with Crippen LogP contribution in [0.3, 0.4) is 0 Å². The molecule has 0 radical (unpaired) electrons. The van der Waals surface area contributed by atoms with Gasteiger partial charge >= 0.3 is 0 Å². The van der Waals surface area contributed by atoms with E-state index in [1.165, 1.54) is 0 Å². The first kappa shape index (κ1) is 15.3. The summed E-state index contributed by atoms with van der Waals surface area (Å²) in [7, 11) is 0. The quantitative estimate of drug-likeness (QED) is 0.713. The van der Waals surface area contributed by atoms with Crippen molar-refractivity contribution in [1.82, 2.24) is 15.5 Å². The fourth-order valence-corrected chi connectivity index (χ4v) is 2.73. The Morgan fingerprint density at radius 3 is 3.10 bits per heavy atom. The minimum Gasteiger partial charge on any atom is -0.376 e. The number of hydrogen-bond acceptors (Lipinski definition) is 4. The average molecular weight is 283 g/mol. The molecule has 2 rings (SSSR count).